The molecule has 1 aliphatic heterocycles. The van der Waals surface area contributed by atoms with Gasteiger partial charge in [0.1, 0.15) is 0 Å². The molecule has 0 aromatic heterocycles. The highest BCUT2D eigenvalue weighted by Gasteiger charge is 2.22. The molecule has 2 unspecified atom stereocenters. The van der Waals surface area contributed by atoms with Crippen molar-refractivity contribution in [3.05, 3.63) is 11.6 Å². The number of hydrogen-bond donors (Lipinski definition) is 2. The van der Waals surface area contributed by atoms with E-state index in [-0.39, 0.29) is 6.10 Å². The van der Waals surface area contributed by atoms with Crippen LogP contribution in [-0.4, -0.2) is 36.4 Å². The summed E-state index contributed by atoms with van der Waals surface area (Å²) in [5.41, 5.74) is 0.379. The van der Waals surface area contributed by atoms with E-state index in [0.717, 1.165) is 13.0 Å². The molecule has 0 bridgehead atoms. The number of ether oxygens (including phenoxy) is 1. The molecule has 0 aromatic rings. The van der Waals surface area contributed by atoms with Gasteiger partial charge < -0.3 is 15.2 Å². The van der Waals surface area contributed by atoms with Crippen molar-refractivity contribution in [1.82, 2.24) is 5.32 Å². The number of carbonyl (C=O) groups is 1. The molecule has 0 radical (unpaired) electrons. The van der Waals surface area contributed by atoms with Gasteiger partial charge in [0.25, 0.3) is 0 Å². The van der Waals surface area contributed by atoms with Crippen molar-refractivity contribution in [1.29, 1.82) is 0 Å². The van der Waals surface area contributed by atoms with Crippen LogP contribution in [0.3, 0.4) is 0 Å². The van der Waals surface area contributed by atoms with Gasteiger partial charge in [0, 0.05) is 24.8 Å². The van der Waals surface area contributed by atoms with Gasteiger partial charge in [-0.1, -0.05) is 6.08 Å². The summed E-state index contributed by atoms with van der Waals surface area (Å²) < 4.78 is 5.37. The maximum atomic E-state index is 10.5. The Bertz CT molecular complexity index is 238. The van der Waals surface area contributed by atoms with E-state index in [1.54, 1.807) is 13.0 Å². The number of nitrogens with one attached hydrogen (secondary N) is 1. The molecule has 0 saturated carbocycles. The zero-order chi connectivity index (χ0) is 10.6. The van der Waals surface area contributed by atoms with Gasteiger partial charge in [0.05, 0.1) is 6.10 Å². The van der Waals surface area contributed by atoms with Crippen LogP contribution < -0.4 is 5.32 Å². The summed E-state index contributed by atoms with van der Waals surface area (Å²) in [6.07, 6.45) is 2.92. The van der Waals surface area contributed by atoms with Gasteiger partial charge in [-0.2, -0.15) is 0 Å². The normalized spacial score (nSPS) is 28.0. The van der Waals surface area contributed by atoms with Crippen molar-refractivity contribution >= 4 is 5.97 Å². The first kappa shape index (κ1) is 11.2. The third-order valence-electron chi connectivity index (χ3n) is 2.50. The third kappa shape index (κ3) is 3.12. The molecule has 1 heterocycles. The lowest BCUT2D eigenvalue weighted by atomic mass is 10.1. The minimum atomic E-state index is -0.859. The monoisotopic (exact) mass is 199 g/mol. The zero-order valence-electron chi connectivity index (χ0n) is 8.62. The predicted molar refractivity (Wildman–Crippen MR) is 53.2 cm³/mol. The zero-order valence-corrected chi connectivity index (χ0v) is 8.62. The minimum absolute atomic E-state index is 0.230. The number of aliphatic carboxylic acids is 1. The Morgan fingerprint density at radius 2 is 2.43 bits per heavy atom. The Kier molecular flexibility index (Phi) is 4.10. The van der Waals surface area contributed by atoms with Gasteiger partial charge in [-0.25, -0.2) is 4.79 Å². The van der Waals surface area contributed by atoms with Crippen molar-refractivity contribution < 1.29 is 14.6 Å². The maximum Gasteiger partial charge on any atom is 0.330 e. The van der Waals surface area contributed by atoms with Gasteiger partial charge in [-0.05, 0) is 20.3 Å². The van der Waals surface area contributed by atoms with Crippen LogP contribution in [0.25, 0.3) is 0 Å². The third-order valence-corrected chi connectivity index (χ3v) is 2.50. The summed E-state index contributed by atoms with van der Waals surface area (Å²) in [5.74, 6) is -0.859. The van der Waals surface area contributed by atoms with Crippen LogP contribution >= 0.6 is 0 Å². The smallest absolute Gasteiger partial charge is 0.330 e. The highest BCUT2D eigenvalue weighted by molar-refractivity contribution is 5.85. The molecule has 2 N–H and O–H groups in total. The van der Waals surface area contributed by atoms with E-state index in [4.69, 9.17) is 9.84 Å². The molecule has 4 nitrogen and oxygen atoms in total. The first-order valence-corrected chi connectivity index (χ1v) is 4.86. The van der Waals surface area contributed by atoms with E-state index in [1.807, 2.05) is 6.92 Å². The van der Waals surface area contributed by atoms with E-state index in [1.165, 1.54) is 0 Å². The quantitative estimate of drug-likeness (QED) is 0.657. The van der Waals surface area contributed by atoms with Crippen molar-refractivity contribution in [3.8, 4) is 0 Å². The van der Waals surface area contributed by atoms with Crippen LogP contribution in [0.5, 0.6) is 0 Å². The standard InChI is InChI=1S/C10H17NO3/c1-7(10(12)13)3-5-11-9-4-6-14-8(9)2/h3,8-9,11H,4-6H2,1-2H3,(H,12,13)/b7-3-. The summed E-state index contributed by atoms with van der Waals surface area (Å²) in [4.78, 5) is 10.5. The number of hydrogen-bond acceptors (Lipinski definition) is 3. The van der Waals surface area contributed by atoms with E-state index in [9.17, 15) is 4.79 Å². The molecule has 1 fully saturated rings. The Hall–Kier alpha value is -0.870. The summed E-state index contributed by atoms with van der Waals surface area (Å²) in [5, 5.41) is 11.9. The van der Waals surface area contributed by atoms with Gasteiger partial charge in [0.2, 0.25) is 0 Å². The second-order valence-electron chi connectivity index (χ2n) is 3.57. The lowest BCUT2D eigenvalue weighted by molar-refractivity contribution is -0.132. The fourth-order valence-corrected chi connectivity index (χ4v) is 1.45. The first-order chi connectivity index (χ1) is 6.61. The Balaban J connectivity index is 2.27. The number of carboxylic acid groups (broad SMARTS) is 1. The molecule has 80 valence electrons. The molecule has 2 atom stereocenters. The second-order valence-corrected chi connectivity index (χ2v) is 3.57. The number of rotatable bonds is 4. The first-order valence-electron chi connectivity index (χ1n) is 4.86. The highest BCUT2D eigenvalue weighted by Crippen LogP contribution is 2.12. The van der Waals surface area contributed by atoms with Gasteiger partial charge in [-0.15, -0.1) is 0 Å². The van der Waals surface area contributed by atoms with Crippen LogP contribution in [0.2, 0.25) is 0 Å². The van der Waals surface area contributed by atoms with Gasteiger partial charge >= 0.3 is 5.97 Å². The van der Waals surface area contributed by atoms with E-state index < -0.39 is 5.97 Å². The molecule has 1 rings (SSSR count). The highest BCUT2D eigenvalue weighted by atomic mass is 16.5. The molecule has 0 aromatic carbocycles. The van der Waals surface area contributed by atoms with E-state index in [0.29, 0.717) is 18.2 Å². The van der Waals surface area contributed by atoms with E-state index >= 15 is 0 Å². The van der Waals surface area contributed by atoms with E-state index in [2.05, 4.69) is 5.32 Å². The van der Waals surface area contributed by atoms with Gasteiger partial charge in [-0.3, -0.25) is 0 Å². The average Bonchev–Trinajstić information content (AvgIpc) is 2.51. The predicted octanol–water partition coefficient (Wildman–Crippen LogP) is 0.784. The van der Waals surface area contributed by atoms with Crippen molar-refractivity contribution in [3.63, 3.8) is 0 Å². The largest absolute Gasteiger partial charge is 0.478 e. The van der Waals surface area contributed by atoms with Crippen LogP contribution in [-0.2, 0) is 9.53 Å². The molecular weight excluding hydrogens is 182 g/mol. The molecule has 4 heteroatoms. The minimum Gasteiger partial charge on any atom is -0.478 e. The Morgan fingerprint density at radius 1 is 1.71 bits per heavy atom. The number of carboxylic acids is 1. The summed E-state index contributed by atoms with van der Waals surface area (Å²) in [6.45, 7) is 5.01. The molecular formula is C10H17NO3. The van der Waals surface area contributed by atoms with Crippen molar-refractivity contribution in [2.75, 3.05) is 13.2 Å². The summed E-state index contributed by atoms with van der Waals surface area (Å²) in [7, 11) is 0. The molecule has 0 aliphatic carbocycles. The molecule has 1 aliphatic rings. The maximum absolute atomic E-state index is 10.5. The fourth-order valence-electron chi connectivity index (χ4n) is 1.45. The van der Waals surface area contributed by atoms with Crippen LogP contribution in [0.4, 0.5) is 0 Å². The Labute approximate surface area is 83.9 Å². The topological polar surface area (TPSA) is 58.6 Å². The summed E-state index contributed by atoms with van der Waals surface area (Å²) >= 11 is 0. The molecule has 14 heavy (non-hydrogen) atoms. The molecule has 1 saturated heterocycles. The summed E-state index contributed by atoms with van der Waals surface area (Å²) in [6, 6.07) is 0.354. The average molecular weight is 199 g/mol. The van der Waals surface area contributed by atoms with Crippen LogP contribution in [0.1, 0.15) is 20.3 Å². The van der Waals surface area contributed by atoms with Crippen molar-refractivity contribution in [2.24, 2.45) is 0 Å². The molecule has 0 amide bonds. The fraction of sp³-hybridized carbons (Fsp3) is 0.700. The Morgan fingerprint density at radius 3 is 2.93 bits per heavy atom. The van der Waals surface area contributed by atoms with Crippen LogP contribution in [0, 0.1) is 0 Å². The van der Waals surface area contributed by atoms with Gasteiger partial charge in [0.15, 0.2) is 0 Å². The lowest BCUT2D eigenvalue weighted by Gasteiger charge is -2.14. The lowest BCUT2D eigenvalue weighted by Crippen LogP contribution is -2.34. The molecule has 0 spiro atoms. The van der Waals surface area contributed by atoms with Crippen LogP contribution in [0.15, 0.2) is 11.6 Å². The van der Waals surface area contributed by atoms with Crippen molar-refractivity contribution in [2.45, 2.75) is 32.4 Å². The SMILES string of the molecule is C/C(=C/CNC1CCOC1C)C(=O)O. The second kappa shape index (κ2) is 5.12.